The van der Waals surface area contributed by atoms with Gasteiger partial charge in [0.05, 0.1) is 16.8 Å². The molecule has 1 aromatic heterocycles. The molecule has 2 N–H and O–H groups in total. The van der Waals surface area contributed by atoms with Gasteiger partial charge < -0.3 is 0 Å². The van der Waals surface area contributed by atoms with Crippen molar-refractivity contribution in [3.8, 4) is 5.69 Å². The van der Waals surface area contributed by atoms with Crippen molar-refractivity contribution in [3.05, 3.63) is 46.5 Å². The molecule has 1 aromatic carbocycles. The Morgan fingerprint density at radius 1 is 1.07 bits per heavy atom. The molecule has 0 unspecified atom stereocenters. The second-order valence-corrected chi connectivity index (χ2v) is 9.60. The number of rotatable bonds is 3. The third kappa shape index (κ3) is 3.20. The topological polar surface area (TPSA) is 76.0 Å². The summed E-state index contributed by atoms with van der Waals surface area (Å²) in [6, 6.07) is 5.66. The van der Waals surface area contributed by atoms with Crippen molar-refractivity contribution in [2.75, 3.05) is 0 Å². The molecule has 0 aliphatic heterocycles. The highest BCUT2D eigenvalue weighted by Crippen LogP contribution is 2.60. The number of carbonyl (C=O) groups is 2. The van der Waals surface area contributed by atoms with E-state index in [-0.39, 0.29) is 27.9 Å². The zero-order valence-electron chi connectivity index (χ0n) is 16.8. The van der Waals surface area contributed by atoms with Crippen molar-refractivity contribution in [2.24, 2.45) is 23.2 Å². The number of nitrogens with zero attached hydrogens (tertiary/aromatic N) is 2. The van der Waals surface area contributed by atoms with E-state index in [1.165, 1.54) is 48.2 Å². The van der Waals surface area contributed by atoms with Gasteiger partial charge in [0.15, 0.2) is 0 Å². The zero-order valence-corrected chi connectivity index (χ0v) is 17.5. The Bertz CT molecular complexity index is 982. The maximum absolute atomic E-state index is 13.2. The van der Waals surface area contributed by atoms with Crippen LogP contribution in [0.4, 0.5) is 4.39 Å². The second-order valence-electron chi connectivity index (χ2n) is 9.25. The van der Waals surface area contributed by atoms with Crippen molar-refractivity contribution in [1.29, 1.82) is 0 Å². The Kier molecular flexibility index (Phi) is 4.61. The summed E-state index contributed by atoms with van der Waals surface area (Å²) in [5.74, 6) is 0.956. The SMILES string of the molecule is Cc1nn(-c2ccc(F)cc2)c(Cl)c1C(=O)NNC(=O)C12CC3CC(CC(C3)C1)C2. The Morgan fingerprint density at radius 3 is 2.20 bits per heavy atom. The van der Waals surface area contributed by atoms with E-state index in [0.717, 1.165) is 19.3 Å². The van der Waals surface area contributed by atoms with Crippen LogP contribution in [0.1, 0.15) is 54.6 Å². The Balaban J connectivity index is 1.30. The van der Waals surface area contributed by atoms with E-state index in [0.29, 0.717) is 29.1 Å². The predicted octanol–water partition coefficient (Wildman–Crippen LogP) is 3.95. The minimum atomic E-state index is -0.510. The molecular formula is C22H24ClFN4O2. The number of amides is 2. The molecule has 0 spiro atoms. The number of hydrazine groups is 1. The van der Waals surface area contributed by atoms with Gasteiger partial charge in [-0.3, -0.25) is 20.4 Å². The van der Waals surface area contributed by atoms with Gasteiger partial charge in [-0.25, -0.2) is 9.07 Å². The summed E-state index contributed by atoms with van der Waals surface area (Å²) in [7, 11) is 0. The van der Waals surface area contributed by atoms with Gasteiger partial charge in [0.1, 0.15) is 16.5 Å². The summed E-state index contributed by atoms with van der Waals surface area (Å²) in [5, 5.41) is 4.41. The molecule has 158 valence electrons. The first kappa shape index (κ1) is 19.5. The van der Waals surface area contributed by atoms with Crippen LogP contribution in [0, 0.1) is 35.9 Å². The summed E-state index contributed by atoms with van der Waals surface area (Å²) in [5.41, 5.74) is 6.01. The van der Waals surface area contributed by atoms with Gasteiger partial charge in [-0.15, -0.1) is 0 Å². The molecule has 4 bridgehead atoms. The van der Waals surface area contributed by atoms with Crippen LogP contribution in [0.3, 0.4) is 0 Å². The summed E-state index contributed by atoms with van der Waals surface area (Å²) in [6.07, 6.45) is 6.50. The fourth-order valence-electron chi connectivity index (χ4n) is 6.21. The van der Waals surface area contributed by atoms with Gasteiger partial charge in [0.2, 0.25) is 5.91 Å². The van der Waals surface area contributed by atoms with E-state index in [1.54, 1.807) is 6.92 Å². The molecule has 2 aromatic rings. The van der Waals surface area contributed by atoms with Gasteiger partial charge in [-0.05, 0) is 87.5 Å². The normalized spacial score (nSPS) is 29.1. The van der Waals surface area contributed by atoms with Crippen molar-refractivity contribution >= 4 is 23.4 Å². The molecule has 0 radical (unpaired) electrons. The number of aromatic nitrogens is 2. The molecular weight excluding hydrogens is 407 g/mol. The minimum Gasteiger partial charge on any atom is -0.273 e. The summed E-state index contributed by atoms with van der Waals surface area (Å²) >= 11 is 6.40. The average molecular weight is 431 g/mol. The quantitative estimate of drug-likeness (QED) is 0.724. The Hall–Kier alpha value is -2.41. The molecule has 30 heavy (non-hydrogen) atoms. The van der Waals surface area contributed by atoms with Gasteiger partial charge >= 0.3 is 0 Å². The third-order valence-corrected chi connectivity index (χ3v) is 7.46. The molecule has 0 saturated heterocycles. The minimum absolute atomic E-state index is 0.0883. The van der Waals surface area contributed by atoms with Crippen molar-refractivity contribution in [3.63, 3.8) is 0 Å². The van der Waals surface area contributed by atoms with Gasteiger partial charge in [0.25, 0.3) is 5.91 Å². The van der Waals surface area contributed by atoms with Crippen LogP contribution in [0.2, 0.25) is 5.15 Å². The van der Waals surface area contributed by atoms with Crippen LogP contribution >= 0.6 is 11.6 Å². The molecule has 4 fully saturated rings. The monoisotopic (exact) mass is 430 g/mol. The van der Waals surface area contributed by atoms with Gasteiger partial charge in [-0.1, -0.05) is 11.6 Å². The highest BCUT2D eigenvalue weighted by atomic mass is 35.5. The van der Waals surface area contributed by atoms with Crippen LogP contribution < -0.4 is 10.9 Å². The van der Waals surface area contributed by atoms with E-state index < -0.39 is 5.91 Å². The summed E-state index contributed by atoms with van der Waals surface area (Å²) in [4.78, 5) is 25.8. The van der Waals surface area contributed by atoms with Crippen LogP contribution in [0.15, 0.2) is 24.3 Å². The number of carbonyl (C=O) groups excluding carboxylic acids is 2. The van der Waals surface area contributed by atoms with Crippen molar-refractivity contribution in [1.82, 2.24) is 20.6 Å². The van der Waals surface area contributed by atoms with Crippen LogP contribution in [0.25, 0.3) is 5.69 Å². The Morgan fingerprint density at radius 2 is 1.63 bits per heavy atom. The largest absolute Gasteiger partial charge is 0.274 e. The smallest absolute Gasteiger partial charge is 0.273 e. The summed E-state index contributed by atoms with van der Waals surface area (Å²) in [6.45, 7) is 1.67. The van der Waals surface area contributed by atoms with Crippen LogP contribution in [-0.2, 0) is 4.79 Å². The van der Waals surface area contributed by atoms with E-state index >= 15 is 0 Å². The van der Waals surface area contributed by atoms with E-state index in [9.17, 15) is 14.0 Å². The molecule has 8 heteroatoms. The maximum Gasteiger partial charge on any atom is 0.274 e. The average Bonchev–Trinajstić information content (AvgIpc) is 2.99. The molecule has 2 amide bonds. The lowest BCUT2D eigenvalue weighted by Gasteiger charge is -2.55. The first-order chi connectivity index (χ1) is 14.3. The zero-order chi connectivity index (χ0) is 21.0. The van der Waals surface area contributed by atoms with Crippen LogP contribution in [0.5, 0.6) is 0 Å². The number of hydrogen-bond donors (Lipinski definition) is 2. The van der Waals surface area contributed by atoms with Crippen molar-refractivity contribution < 1.29 is 14.0 Å². The molecule has 4 aliphatic rings. The lowest BCUT2D eigenvalue weighted by molar-refractivity contribution is -0.147. The first-order valence-electron chi connectivity index (χ1n) is 10.5. The fourth-order valence-corrected chi connectivity index (χ4v) is 6.57. The standard InChI is InChI=1S/C22H24ClFN4O2/c1-12-18(19(23)28(27-12)17-4-2-16(24)3-5-17)20(29)25-26-21(30)22-9-13-6-14(10-22)8-15(7-13)11-22/h2-5,13-15H,6-11H2,1H3,(H,25,29)(H,26,30). The lowest BCUT2D eigenvalue weighted by Crippen LogP contribution is -2.56. The number of halogens is 2. The third-order valence-electron chi connectivity index (χ3n) is 7.11. The highest BCUT2D eigenvalue weighted by Gasteiger charge is 2.54. The highest BCUT2D eigenvalue weighted by molar-refractivity contribution is 6.33. The molecule has 4 saturated carbocycles. The van der Waals surface area contributed by atoms with Gasteiger partial charge in [0, 0.05) is 0 Å². The van der Waals surface area contributed by atoms with E-state index in [2.05, 4.69) is 16.0 Å². The molecule has 0 atom stereocenters. The lowest BCUT2D eigenvalue weighted by atomic mass is 9.49. The van der Waals surface area contributed by atoms with Gasteiger partial charge in [-0.2, -0.15) is 5.10 Å². The summed E-state index contributed by atoms with van der Waals surface area (Å²) < 4.78 is 14.6. The molecule has 4 aliphatic carbocycles. The number of hydrogen-bond acceptors (Lipinski definition) is 3. The van der Waals surface area contributed by atoms with Crippen molar-refractivity contribution in [2.45, 2.75) is 45.4 Å². The molecule has 6 rings (SSSR count). The number of nitrogens with one attached hydrogen (secondary N) is 2. The van der Waals surface area contributed by atoms with E-state index in [1.807, 2.05) is 0 Å². The Labute approximate surface area is 179 Å². The second kappa shape index (κ2) is 7.08. The predicted molar refractivity (Wildman–Crippen MR) is 109 cm³/mol. The first-order valence-corrected chi connectivity index (χ1v) is 10.8. The number of aryl methyl sites for hydroxylation is 1. The molecule has 1 heterocycles. The fraction of sp³-hybridized carbons (Fsp3) is 0.500. The molecule has 6 nitrogen and oxygen atoms in total. The maximum atomic E-state index is 13.2. The van der Waals surface area contributed by atoms with Crippen LogP contribution in [-0.4, -0.2) is 21.6 Å². The number of benzene rings is 1. The van der Waals surface area contributed by atoms with E-state index in [4.69, 9.17) is 11.6 Å².